The Morgan fingerprint density at radius 3 is 1.52 bits per heavy atom. The van der Waals surface area contributed by atoms with Gasteiger partial charge >= 0.3 is 11.9 Å². The molecule has 334 valence electrons. The summed E-state index contributed by atoms with van der Waals surface area (Å²) in [6.45, 7) is 20.3. The minimum atomic E-state index is -0.213. The fourth-order valence-corrected chi connectivity index (χ4v) is 8.33. The van der Waals surface area contributed by atoms with E-state index >= 15 is 0 Å². The van der Waals surface area contributed by atoms with Crippen molar-refractivity contribution in [3.05, 3.63) is 83.9 Å². The number of aldehydes is 1. The second-order valence-electron chi connectivity index (χ2n) is 18.7. The molecule has 61 heavy (non-hydrogen) atoms. The Balaban J connectivity index is 0.000000233. The molecule has 2 aliphatic rings. The smallest absolute Gasteiger partial charge is 0.307 e. The van der Waals surface area contributed by atoms with Gasteiger partial charge in [-0.05, 0) is 151 Å². The molecule has 2 fully saturated rings. The number of ether oxygens (including phenoxy) is 4. The van der Waals surface area contributed by atoms with Crippen LogP contribution in [0.4, 0.5) is 0 Å². The topological polar surface area (TPSA) is 126 Å². The van der Waals surface area contributed by atoms with E-state index in [4.69, 9.17) is 19.9 Å². The summed E-state index contributed by atoms with van der Waals surface area (Å²) in [6, 6.07) is 24.8. The van der Waals surface area contributed by atoms with Crippen molar-refractivity contribution < 1.29 is 33.3 Å². The fraction of sp³-hybridized carbons (Fsp3) is 0.558. The Labute approximate surface area is 365 Å². The van der Waals surface area contributed by atoms with Gasteiger partial charge in [-0.15, -0.1) is 0 Å². The van der Waals surface area contributed by atoms with Crippen LogP contribution < -0.4 is 20.5 Å². The van der Waals surface area contributed by atoms with Gasteiger partial charge in [0.05, 0.1) is 38.3 Å². The molecule has 4 aromatic carbocycles. The molecule has 0 radical (unpaired) electrons. The first-order chi connectivity index (χ1) is 29.1. The zero-order valence-electron chi connectivity index (χ0n) is 38.4. The molecule has 0 heterocycles. The maximum Gasteiger partial charge on any atom is 0.307 e. The Hall–Kier alpha value is -4.47. The minimum absolute atomic E-state index is 0.150. The number of rotatable bonds is 14. The van der Waals surface area contributed by atoms with Crippen molar-refractivity contribution >= 4 is 39.8 Å². The molecule has 0 saturated heterocycles. The molecule has 0 amide bonds. The first kappa shape index (κ1) is 49.2. The van der Waals surface area contributed by atoms with Crippen LogP contribution in [0.25, 0.3) is 21.5 Å². The molecule has 9 heteroatoms. The summed E-state index contributed by atoms with van der Waals surface area (Å²) in [5.74, 6) is 3.16. The predicted octanol–water partition coefficient (Wildman–Crippen LogP) is 11.4. The van der Waals surface area contributed by atoms with Crippen molar-refractivity contribution in [1.29, 1.82) is 0 Å². The first-order valence-corrected chi connectivity index (χ1v) is 22.7. The van der Waals surface area contributed by atoms with Crippen LogP contribution in [-0.4, -0.2) is 56.7 Å². The van der Waals surface area contributed by atoms with E-state index in [1.54, 1.807) is 6.92 Å². The van der Waals surface area contributed by atoms with Gasteiger partial charge in [-0.3, -0.25) is 14.4 Å². The molecule has 3 N–H and O–H groups in total. The molecule has 6 rings (SSSR count). The predicted molar refractivity (Wildman–Crippen MR) is 248 cm³/mol. The molecule has 0 aromatic heterocycles. The molecule has 4 aromatic rings. The van der Waals surface area contributed by atoms with E-state index in [2.05, 4.69) is 94.1 Å². The van der Waals surface area contributed by atoms with Crippen LogP contribution in [0.15, 0.2) is 72.8 Å². The second kappa shape index (κ2) is 24.2. The Morgan fingerprint density at radius 1 is 0.623 bits per heavy atom. The molecule has 0 atom stereocenters. The number of esters is 2. The van der Waals surface area contributed by atoms with Crippen LogP contribution in [0.2, 0.25) is 0 Å². The van der Waals surface area contributed by atoms with Crippen molar-refractivity contribution in [2.24, 2.45) is 28.4 Å². The number of nitrogens with two attached hydrogens (primary N) is 1. The summed E-state index contributed by atoms with van der Waals surface area (Å²) in [4.78, 5) is 32.6. The number of hydrogen-bond donors (Lipinski definition) is 2. The van der Waals surface area contributed by atoms with Gasteiger partial charge in [0.15, 0.2) is 0 Å². The van der Waals surface area contributed by atoms with Crippen molar-refractivity contribution in [1.82, 2.24) is 5.32 Å². The first-order valence-electron chi connectivity index (χ1n) is 22.7. The van der Waals surface area contributed by atoms with E-state index in [1.165, 1.54) is 42.0 Å². The summed E-state index contributed by atoms with van der Waals surface area (Å²) in [5.41, 5.74) is 7.79. The molecule has 0 unspecified atom stereocenters. The SMILES string of the molecule is CC(C)(C)C1CCC(Oc2ccc3cc(C=O)ccc3c2)CC1.CCOC(=O)CCN.CCOC(=O)CCNCc1ccc2cc(OC3CCC(C(C)(C)C)CC3)ccc2c1. The lowest BCUT2D eigenvalue weighted by Crippen LogP contribution is -2.30. The van der Waals surface area contributed by atoms with Crippen molar-refractivity contribution in [3.63, 3.8) is 0 Å². The fourth-order valence-electron chi connectivity index (χ4n) is 8.33. The van der Waals surface area contributed by atoms with E-state index in [9.17, 15) is 14.4 Å². The summed E-state index contributed by atoms with van der Waals surface area (Å²) >= 11 is 0. The summed E-state index contributed by atoms with van der Waals surface area (Å²) in [5, 5.41) is 7.93. The molecule has 0 spiro atoms. The molecule has 0 bridgehead atoms. The van der Waals surface area contributed by atoms with Crippen LogP contribution in [-0.2, 0) is 25.6 Å². The average Bonchev–Trinajstić information content (AvgIpc) is 3.23. The highest BCUT2D eigenvalue weighted by Gasteiger charge is 2.31. The molecular formula is C52H74N2O7. The lowest BCUT2D eigenvalue weighted by molar-refractivity contribution is -0.143. The van der Waals surface area contributed by atoms with Crippen molar-refractivity contribution in [2.75, 3.05) is 26.3 Å². The normalized spacial score (nSPS) is 19.1. The van der Waals surface area contributed by atoms with Gasteiger partial charge in [-0.2, -0.15) is 0 Å². The highest BCUT2D eigenvalue weighted by molar-refractivity contribution is 5.89. The van der Waals surface area contributed by atoms with E-state index in [0.29, 0.717) is 67.7 Å². The van der Waals surface area contributed by atoms with Crippen molar-refractivity contribution in [2.45, 2.75) is 138 Å². The molecule has 0 aliphatic heterocycles. The van der Waals surface area contributed by atoms with Crippen LogP contribution in [0.1, 0.15) is 136 Å². The van der Waals surface area contributed by atoms with Gasteiger partial charge in [0.1, 0.15) is 17.8 Å². The lowest BCUT2D eigenvalue weighted by Gasteiger charge is -2.37. The maximum absolute atomic E-state index is 11.4. The number of benzene rings is 4. The van der Waals surface area contributed by atoms with Crippen LogP contribution in [0.5, 0.6) is 11.5 Å². The highest BCUT2D eigenvalue weighted by Crippen LogP contribution is 2.40. The van der Waals surface area contributed by atoms with Gasteiger partial charge < -0.3 is 30.0 Å². The average molecular weight is 839 g/mol. The molecule has 2 aliphatic carbocycles. The Bertz CT molecular complexity index is 1960. The highest BCUT2D eigenvalue weighted by atomic mass is 16.5. The summed E-state index contributed by atoms with van der Waals surface area (Å²) in [6.07, 6.45) is 11.9. The number of hydrogen-bond acceptors (Lipinski definition) is 9. The zero-order valence-corrected chi connectivity index (χ0v) is 38.4. The monoisotopic (exact) mass is 839 g/mol. The van der Waals surface area contributed by atoms with Gasteiger partial charge in [0.25, 0.3) is 0 Å². The number of carbonyl (C=O) groups excluding carboxylic acids is 3. The zero-order chi connectivity index (χ0) is 44.4. The van der Waals surface area contributed by atoms with E-state index in [-0.39, 0.29) is 11.9 Å². The maximum atomic E-state index is 11.4. The standard InChI is InChI=1S/C26H37NO3.C21H26O2.C5H11NO2/c1-5-29-25(28)14-15-27-18-19-6-7-21-17-24(11-8-20(21)16-19)30-23-12-9-22(10-13-23)26(2,3)4;1-21(2,3)18-7-10-19(11-8-18)23-20-9-6-16-12-15(14-22)4-5-17(16)13-20;1-2-8-5(7)3-4-6/h6-8,11,16-17,22-23,27H,5,9-10,12-15,18H2,1-4H3;4-6,9,12-14,18-19H,7-8,10-11H2,1-3H3;2-4,6H2,1H3. The van der Waals surface area contributed by atoms with Crippen LogP contribution in [0.3, 0.4) is 0 Å². The van der Waals surface area contributed by atoms with Crippen LogP contribution >= 0.6 is 0 Å². The number of fused-ring (bicyclic) bond motifs is 2. The van der Waals surface area contributed by atoms with Gasteiger partial charge in [0.2, 0.25) is 0 Å². The van der Waals surface area contributed by atoms with Gasteiger partial charge in [-0.1, -0.05) is 77.9 Å². The third-order valence-electron chi connectivity index (χ3n) is 12.0. The van der Waals surface area contributed by atoms with Crippen molar-refractivity contribution in [3.8, 4) is 11.5 Å². The minimum Gasteiger partial charge on any atom is -0.490 e. The second-order valence-corrected chi connectivity index (χ2v) is 18.7. The number of nitrogens with one attached hydrogen (secondary N) is 1. The third-order valence-corrected chi connectivity index (χ3v) is 12.0. The third kappa shape index (κ3) is 16.7. The molecule has 2 saturated carbocycles. The quantitative estimate of drug-likeness (QED) is 0.0725. The number of carbonyl (C=O) groups is 3. The van der Waals surface area contributed by atoms with Gasteiger partial charge in [-0.25, -0.2) is 0 Å². The molecular weight excluding hydrogens is 765 g/mol. The van der Waals surface area contributed by atoms with E-state index < -0.39 is 0 Å². The lowest BCUT2D eigenvalue weighted by atomic mass is 9.72. The largest absolute Gasteiger partial charge is 0.490 e. The van der Waals surface area contributed by atoms with Gasteiger partial charge in [0, 0.05) is 25.2 Å². The van der Waals surface area contributed by atoms with E-state index in [1.807, 2.05) is 37.3 Å². The van der Waals surface area contributed by atoms with Crippen LogP contribution in [0, 0.1) is 22.7 Å². The van der Waals surface area contributed by atoms with E-state index in [0.717, 1.165) is 72.6 Å². The Kier molecular flexibility index (Phi) is 19.5. The summed E-state index contributed by atoms with van der Waals surface area (Å²) in [7, 11) is 0. The summed E-state index contributed by atoms with van der Waals surface area (Å²) < 4.78 is 22.0. The Morgan fingerprint density at radius 2 is 1.07 bits per heavy atom. The molecule has 9 nitrogen and oxygen atoms in total.